The number of carbonyl (C=O) groups is 1. The molecule has 0 aliphatic heterocycles. The normalized spacial score (nSPS) is 12.0. The van der Waals surface area contributed by atoms with Crippen molar-refractivity contribution in [2.45, 2.75) is 12.6 Å². The molecule has 4 aromatic rings. The highest BCUT2D eigenvalue weighted by molar-refractivity contribution is 9.10. The maximum Gasteiger partial charge on any atom is 0.242 e. The molecular weight excluding hydrogens is 404 g/mol. The molecule has 0 spiro atoms. The number of benzene rings is 3. The van der Waals surface area contributed by atoms with Crippen LogP contribution < -0.4 is 5.32 Å². The van der Waals surface area contributed by atoms with E-state index in [9.17, 15) is 4.79 Å². The molecule has 1 heterocycles. The third-order valence-electron chi connectivity index (χ3n) is 4.36. The highest BCUT2D eigenvalue weighted by Crippen LogP contribution is 2.23. The van der Waals surface area contributed by atoms with Crippen molar-refractivity contribution >= 4 is 32.9 Å². The van der Waals surface area contributed by atoms with E-state index in [0.717, 1.165) is 26.6 Å². The highest BCUT2D eigenvalue weighted by Gasteiger charge is 2.18. The lowest BCUT2D eigenvalue weighted by Gasteiger charge is -2.20. The van der Waals surface area contributed by atoms with Crippen LogP contribution in [0.4, 0.5) is 0 Å². The van der Waals surface area contributed by atoms with Gasteiger partial charge < -0.3 is 5.32 Å². The van der Waals surface area contributed by atoms with Crippen LogP contribution in [0, 0.1) is 0 Å². The first-order chi connectivity index (χ1) is 13.2. The van der Waals surface area contributed by atoms with E-state index in [1.165, 1.54) is 0 Å². The summed E-state index contributed by atoms with van der Waals surface area (Å²) in [4.78, 5) is 12.8. The Labute approximate surface area is 165 Å². The molecule has 6 heteroatoms. The summed E-state index contributed by atoms with van der Waals surface area (Å²) in [6.07, 6.45) is 0. The van der Waals surface area contributed by atoms with E-state index >= 15 is 0 Å². The predicted molar refractivity (Wildman–Crippen MR) is 108 cm³/mol. The lowest BCUT2D eigenvalue weighted by atomic mass is 9.99. The van der Waals surface area contributed by atoms with Gasteiger partial charge in [0.05, 0.1) is 11.6 Å². The molecule has 0 bridgehead atoms. The van der Waals surface area contributed by atoms with Crippen LogP contribution in [-0.2, 0) is 11.3 Å². The fraction of sp³-hybridized carbons (Fsp3) is 0.0952. The molecule has 4 rings (SSSR count). The van der Waals surface area contributed by atoms with Gasteiger partial charge in [-0.2, -0.15) is 0 Å². The lowest BCUT2D eigenvalue weighted by Crippen LogP contribution is -2.32. The zero-order valence-corrected chi connectivity index (χ0v) is 16.0. The number of rotatable bonds is 5. The van der Waals surface area contributed by atoms with Gasteiger partial charge in [-0.15, -0.1) is 5.10 Å². The largest absolute Gasteiger partial charge is 0.344 e. The van der Waals surface area contributed by atoms with Crippen LogP contribution in [0.1, 0.15) is 17.2 Å². The summed E-state index contributed by atoms with van der Waals surface area (Å²) in [6.45, 7) is 0.111. The van der Waals surface area contributed by atoms with Gasteiger partial charge >= 0.3 is 0 Å². The first kappa shape index (κ1) is 17.4. The van der Waals surface area contributed by atoms with Crippen LogP contribution in [0.15, 0.2) is 83.3 Å². The number of para-hydroxylation sites is 1. The van der Waals surface area contributed by atoms with Gasteiger partial charge in [-0.25, -0.2) is 4.68 Å². The van der Waals surface area contributed by atoms with Gasteiger partial charge in [-0.05, 0) is 35.4 Å². The fourth-order valence-electron chi connectivity index (χ4n) is 3.04. The molecular formula is C21H17BrN4O. The second kappa shape index (κ2) is 7.72. The van der Waals surface area contributed by atoms with Crippen molar-refractivity contribution in [2.75, 3.05) is 0 Å². The number of aromatic nitrogens is 3. The second-order valence-electron chi connectivity index (χ2n) is 6.20. The minimum Gasteiger partial charge on any atom is -0.344 e. The van der Waals surface area contributed by atoms with Gasteiger partial charge in [0, 0.05) is 4.47 Å². The van der Waals surface area contributed by atoms with Crippen molar-refractivity contribution in [1.29, 1.82) is 0 Å². The average Bonchev–Trinajstić information content (AvgIpc) is 3.10. The number of fused-ring (bicyclic) bond motifs is 1. The quantitative estimate of drug-likeness (QED) is 0.528. The third-order valence-corrected chi connectivity index (χ3v) is 4.88. The van der Waals surface area contributed by atoms with Gasteiger partial charge in [0.2, 0.25) is 5.91 Å². The van der Waals surface area contributed by atoms with Crippen LogP contribution in [-0.4, -0.2) is 20.9 Å². The Morgan fingerprint density at radius 3 is 2.37 bits per heavy atom. The molecule has 1 amide bonds. The first-order valence-corrected chi connectivity index (χ1v) is 9.38. The summed E-state index contributed by atoms with van der Waals surface area (Å²) in [7, 11) is 0. The zero-order chi connectivity index (χ0) is 18.6. The van der Waals surface area contributed by atoms with Crippen molar-refractivity contribution in [3.05, 3.63) is 94.5 Å². The summed E-state index contributed by atoms with van der Waals surface area (Å²) in [5.41, 5.74) is 3.66. The van der Waals surface area contributed by atoms with E-state index in [1.54, 1.807) is 4.68 Å². The molecule has 5 nitrogen and oxygen atoms in total. The molecule has 1 unspecified atom stereocenters. The van der Waals surface area contributed by atoms with E-state index in [0.29, 0.717) is 0 Å². The van der Waals surface area contributed by atoms with Gasteiger partial charge in [0.25, 0.3) is 0 Å². The molecule has 3 aromatic carbocycles. The molecule has 0 saturated heterocycles. The van der Waals surface area contributed by atoms with E-state index in [-0.39, 0.29) is 18.5 Å². The van der Waals surface area contributed by atoms with E-state index < -0.39 is 0 Å². The Morgan fingerprint density at radius 2 is 1.59 bits per heavy atom. The van der Waals surface area contributed by atoms with Crippen molar-refractivity contribution in [2.24, 2.45) is 0 Å². The molecule has 0 aliphatic rings. The van der Waals surface area contributed by atoms with Crippen molar-refractivity contribution in [3.8, 4) is 0 Å². The van der Waals surface area contributed by atoms with Crippen LogP contribution >= 0.6 is 15.9 Å². The Bertz CT molecular complexity index is 1060. The second-order valence-corrected chi connectivity index (χ2v) is 7.11. The standard InChI is InChI=1S/C21H17BrN4O/c22-17-12-10-16(11-13-17)21(15-6-2-1-3-7-15)23-20(27)14-26-19-9-5-4-8-18(19)24-25-26/h1-13,21H,14H2,(H,23,27). The third kappa shape index (κ3) is 3.90. The Morgan fingerprint density at radius 1 is 0.926 bits per heavy atom. The molecule has 0 saturated carbocycles. The minimum atomic E-state index is -0.235. The van der Waals surface area contributed by atoms with Crippen molar-refractivity contribution in [1.82, 2.24) is 20.3 Å². The molecule has 1 N–H and O–H groups in total. The summed E-state index contributed by atoms with van der Waals surface area (Å²) in [6, 6.07) is 25.3. The van der Waals surface area contributed by atoms with Crippen LogP contribution in [0.2, 0.25) is 0 Å². The SMILES string of the molecule is O=C(Cn1nnc2ccccc21)NC(c1ccccc1)c1ccc(Br)cc1. The monoisotopic (exact) mass is 420 g/mol. The van der Waals surface area contributed by atoms with Gasteiger partial charge in [0.15, 0.2) is 0 Å². The molecule has 1 aromatic heterocycles. The van der Waals surface area contributed by atoms with E-state index in [1.807, 2.05) is 78.9 Å². The van der Waals surface area contributed by atoms with Gasteiger partial charge in [-0.1, -0.05) is 75.7 Å². The fourth-order valence-corrected chi connectivity index (χ4v) is 3.30. The highest BCUT2D eigenvalue weighted by atomic mass is 79.9. The Kier molecular flexibility index (Phi) is 4.98. The molecule has 134 valence electrons. The van der Waals surface area contributed by atoms with E-state index in [2.05, 4.69) is 31.6 Å². The van der Waals surface area contributed by atoms with Gasteiger partial charge in [0.1, 0.15) is 12.1 Å². The summed E-state index contributed by atoms with van der Waals surface area (Å²) in [5.74, 6) is -0.123. The number of carbonyl (C=O) groups excluding carboxylic acids is 1. The van der Waals surface area contributed by atoms with Crippen molar-refractivity contribution in [3.63, 3.8) is 0 Å². The number of hydrogen-bond donors (Lipinski definition) is 1. The topological polar surface area (TPSA) is 59.8 Å². The summed E-state index contributed by atoms with van der Waals surface area (Å²) in [5, 5.41) is 11.3. The zero-order valence-electron chi connectivity index (χ0n) is 14.4. The molecule has 0 fully saturated rings. The van der Waals surface area contributed by atoms with Gasteiger partial charge in [-0.3, -0.25) is 4.79 Å². The molecule has 0 aliphatic carbocycles. The maximum absolute atomic E-state index is 12.8. The number of nitrogens with one attached hydrogen (secondary N) is 1. The molecule has 1 atom stereocenters. The number of halogens is 1. The smallest absolute Gasteiger partial charge is 0.242 e. The van der Waals surface area contributed by atoms with Crippen LogP contribution in [0.3, 0.4) is 0 Å². The minimum absolute atomic E-state index is 0.111. The van der Waals surface area contributed by atoms with Crippen molar-refractivity contribution < 1.29 is 4.79 Å². The Hall–Kier alpha value is -2.99. The first-order valence-electron chi connectivity index (χ1n) is 8.59. The molecule has 0 radical (unpaired) electrons. The summed E-state index contributed by atoms with van der Waals surface area (Å²) < 4.78 is 2.62. The summed E-state index contributed by atoms with van der Waals surface area (Å²) >= 11 is 3.46. The van der Waals surface area contributed by atoms with Crippen LogP contribution in [0.5, 0.6) is 0 Å². The predicted octanol–water partition coefficient (Wildman–Crippen LogP) is 4.10. The average molecular weight is 421 g/mol. The molecule has 27 heavy (non-hydrogen) atoms. The lowest BCUT2D eigenvalue weighted by molar-refractivity contribution is -0.122. The Balaban J connectivity index is 1.59. The van der Waals surface area contributed by atoms with E-state index in [4.69, 9.17) is 0 Å². The number of nitrogens with zero attached hydrogens (tertiary/aromatic N) is 3. The van der Waals surface area contributed by atoms with Crippen LogP contribution in [0.25, 0.3) is 11.0 Å². The number of hydrogen-bond acceptors (Lipinski definition) is 3. The number of amides is 1. The maximum atomic E-state index is 12.8.